The van der Waals surface area contributed by atoms with Crippen LogP contribution in [0.25, 0.3) is 0 Å². The van der Waals surface area contributed by atoms with E-state index in [4.69, 9.17) is 13.6 Å². The molecular weight excluding hydrogens is 344 g/mol. The summed E-state index contributed by atoms with van der Waals surface area (Å²) in [5.74, 6) is -0.460. The SMILES string of the molecule is C=CC(=O)OCO[Si](C)(CCCCCCCCCCCCCCC)OC. The first kappa shape index (κ1) is 25.3. The summed E-state index contributed by atoms with van der Waals surface area (Å²) in [6.07, 6.45) is 18.6. The van der Waals surface area contributed by atoms with Crippen molar-refractivity contribution in [3.63, 3.8) is 0 Å². The molecule has 0 aliphatic carbocycles. The quantitative estimate of drug-likeness (QED) is 0.0835. The molecule has 0 aliphatic heterocycles. The van der Waals surface area contributed by atoms with E-state index in [0.717, 1.165) is 18.5 Å². The molecular formula is C21H42O4Si. The molecule has 0 spiro atoms. The van der Waals surface area contributed by atoms with E-state index < -0.39 is 14.5 Å². The van der Waals surface area contributed by atoms with E-state index in [9.17, 15) is 4.79 Å². The molecule has 0 saturated heterocycles. The lowest BCUT2D eigenvalue weighted by molar-refractivity contribution is -0.145. The lowest BCUT2D eigenvalue weighted by atomic mass is 10.1. The van der Waals surface area contributed by atoms with Gasteiger partial charge in [0.2, 0.25) is 0 Å². The molecule has 0 fully saturated rings. The minimum Gasteiger partial charge on any atom is -0.436 e. The van der Waals surface area contributed by atoms with Gasteiger partial charge in [-0.2, -0.15) is 0 Å². The highest BCUT2D eigenvalue weighted by molar-refractivity contribution is 6.65. The maximum absolute atomic E-state index is 11.0. The zero-order chi connectivity index (χ0) is 19.5. The van der Waals surface area contributed by atoms with Gasteiger partial charge in [-0.05, 0) is 12.6 Å². The lowest BCUT2D eigenvalue weighted by Gasteiger charge is -2.24. The van der Waals surface area contributed by atoms with E-state index in [2.05, 4.69) is 13.5 Å². The Morgan fingerprint density at radius 1 is 0.885 bits per heavy atom. The minimum atomic E-state index is -2.21. The predicted molar refractivity (Wildman–Crippen MR) is 111 cm³/mol. The third kappa shape index (κ3) is 15.6. The van der Waals surface area contributed by atoms with E-state index in [1.54, 1.807) is 7.11 Å². The molecule has 0 aromatic heterocycles. The Morgan fingerprint density at radius 2 is 1.35 bits per heavy atom. The van der Waals surface area contributed by atoms with Crippen LogP contribution in [0.15, 0.2) is 12.7 Å². The van der Waals surface area contributed by atoms with E-state index in [1.807, 2.05) is 6.55 Å². The van der Waals surface area contributed by atoms with Crippen molar-refractivity contribution in [1.82, 2.24) is 0 Å². The molecule has 1 unspecified atom stereocenters. The molecule has 26 heavy (non-hydrogen) atoms. The summed E-state index contributed by atoms with van der Waals surface area (Å²) in [6.45, 7) is 7.61. The van der Waals surface area contributed by atoms with Crippen molar-refractivity contribution >= 4 is 14.5 Å². The van der Waals surface area contributed by atoms with E-state index >= 15 is 0 Å². The first-order valence-corrected chi connectivity index (χ1v) is 13.1. The second kappa shape index (κ2) is 17.7. The van der Waals surface area contributed by atoms with Gasteiger partial charge in [0, 0.05) is 13.2 Å². The molecule has 5 heteroatoms. The number of unbranched alkanes of at least 4 members (excludes halogenated alkanes) is 12. The van der Waals surface area contributed by atoms with Crippen LogP contribution in [0.2, 0.25) is 12.6 Å². The summed E-state index contributed by atoms with van der Waals surface area (Å²) in [7, 11) is -0.530. The van der Waals surface area contributed by atoms with E-state index in [-0.39, 0.29) is 6.79 Å². The fraction of sp³-hybridized carbons (Fsp3) is 0.857. The average Bonchev–Trinajstić information content (AvgIpc) is 2.65. The van der Waals surface area contributed by atoms with Crippen LogP contribution in [0.5, 0.6) is 0 Å². The van der Waals surface area contributed by atoms with Crippen LogP contribution in [-0.4, -0.2) is 28.4 Å². The number of rotatable bonds is 19. The molecule has 0 amide bonds. The van der Waals surface area contributed by atoms with Crippen LogP contribution in [-0.2, 0) is 18.4 Å². The van der Waals surface area contributed by atoms with Gasteiger partial charge in [-0.15, -0.1) is 0 Å². The lowest BCUT2D eigenvalue weighted by Crippen LogP contribution is -2.38. The molecule has 0 aliphatic rings. The molecule has 0 N–H and O–H groups in total. The van der Waals surface area contributed by atoms with Crippen molar-refractivity contribution in [3.8, 4) is 0 Å². The monoisotopic (exact) mass is 386 g/mol. The summed E-state index contributed by atoms with van der Waals surface area (Å²) >= 11 is 0. The molecule has 4 nitrogen and oxygen atoms in total. The number of hydrogen-bond acceptors (Lipinski definition) is 4. The van der Waals surface area contributed by atoms with Crippen LogP contribution in [0.1, 0.15) is 90.4 Å². The summed E-state index contributed by atoms with van der Waals surface area (Å²) in [4.78, 5) is 11.0. The Morgan fingerprint density at radius 3 is 1.77 bits per heavy atom. The second-order valence-corrected chi connectivity index (χ2v) is 10.7. The Kier molecular flexibility index (Phi) is 17.3. The normalized spacial score (nSPS) is 13.3. The van der Waals surface area contributed by atoms with Crippen molar-refractivity contribution < 1.29 is 18.4 Å². The standard InChI is InChI=1S/C21H42O4Si/c1-5-7-8-9-10-11-12-13-14-15-16-17-18-19-26(4,23-3)25-20-24-21(22)6-2/h6H,2,5,7-20H2,1,3-4H3. The van der Waals surface area contributed by atoms with Gasteiger partial charge in [-0.25, -0.2) is 4.79 Å². The Labute approximate surface area is 162 Å². The van der Waals surface area contributed by atoms with Crippen molar-refractivity contribution in [2.24, 2.45) is 0 Å². The smallest absolute Gasteiger partial charge is 0.337 e. The number of carbonyl (C=O) groups excluding carboxylic acids is 1. The Hall–Kier alpha value is -0.653. The van der Waals surface area contributed by atoms with Gasteiger partial charge in [0.15, 0.2) is 6.79 Å². The first-order valence-electron chi connectivity index (χ1n) is 10.6. The van der Waals surface area contributed by atoms with Gasteiger partial charge < -0.3 is 13.6 Å². The molecule has 0 aromatic rings. The number of carbonyl (C=O) groups is 1. The highest BCUT2D eigenvalue weighted by atomic mass is 28.4. The summed E-state index contributed by atoms with van der Waals surface area (Å²) in [5, 5.41) is 0. The third-order valence-corrected chi connectivity index (χ3v) is 7.75. The van der Waals surface area contributed by atoms with Crippen LogP contribution < -0.4 is 0 Å². The van der Waals surface area contributed by atoms with E-state index in [0.29, 0.717) is 0 Å². The van der Waals surface area contributed by atoms with Crippen molar-refractivity contribution in [3.05, 3.63) is 12.7 Å². The number of esters is 1. The Balaban J connectivity index is 3.48. The fourth-order valence-electron chi connectivity index (χ4n) is 2.97. The van der Waals surface area contributed by atoms with Gasteiger partial charge in [-0.1, -0.05) is 97.0 Å². The first-order chi connectivity index (χ1) is 12.6. The minimum absolute atomic E-state index is 0.0418. The van der Waals surface area contributed by atoms with Crippen molar-refractivity contribution in [2.75, 3.05) is 13.9 Å². The zero-order valence-electron chi connectivity index (χ0n) is 17.5. The van der Waals surface area contributed by atoms with Gasteiger partial charge in [0.1, 0.15) is 0 Å². The molecule has 0 rings (SSSR count). The number of ether oxygens (including phenoxy) is 1. The molecule has 0 radical (unpaired) electrons. The van der Waals surface area contributed by atoms with Gasteiger partial charge in [-0.3, -0.25) is 0 Å². The Bertz CT molecular complexity index is 349. The van der Waals surface area contributed by atoms with Gasteiger partial charge in [0.25, 0.3) is 0 Å². The summed E-state index contributed by atoms with van der Waals surface area (Å²) in [5.41, 5.74) is 0. The maximum Gasteiger partial charge on any atom is 0.337 e. The van der Waals surface area contributed by atoms with Crippen LogP contribution in [0.4, 0.5) is 0 Å². The van der Waals surface area contributed by atoms with Gasteiger partial charge in [0.05, 0.1) is 0 Å². The molecule has 0 bridgehead atoms. The average molecular weight is 387 g/mol. The van der Waals surface area contributed by atoms with Crippen molar-refractivity contribution in [1.29, 1.82) is 0 Å². The maximum atomic E-state index is 11.0. The topological polar surface area (TPSA) is 44.8 Å². The van der Waals surface area contributed by atoms with Crippen LogP contribution in [0, 0.1) is 0 Å². The second-order valence-electron chi connectivity index (χ2n) is 7.26. The number of hydrogen-bond donors (Lipinski definition) is 0. The zero-order valence-corrected chi connectivity index (χ0v) is 18.5. The highest BCUT2D eigenvalue weighted by Gasteiger charge is 2.29. The van der Waals surface area contributed by atoms with Crippen LogP contribution >= 0.6 is 0 Å². The highest BCUT2D eigenvalue weighted by Crippen LogP contribution is 2.19. The molecule has 0 aromatic carbocycles. The molecule has 0 saturated carbocycles. The fourth-order valence-corrected chi connectivity index (χ4v) is 4.63. The molecule has 154 valence electrons. The molecule has 1 atom stereocenters. The van der Waals surface area contributed by atoms with Crippen LogP contribution in [0.3, 0.4) is 0 Å². The van der Waals surface area contributed by atoms with Crippen molar-refractivity contribution in [2.45, 2.75) is 103 Å². The summed E-state index contributed by atoms with van der Waals surface area (Å²) < 4.78 is 16.1. The third-order valence-electron chi connectivity index (χ3n) is 4.90. The largest absolute Gasteiger partial charge is 0.436 e. The van der Waals surface area contributed by atoms with E-state index in [1.165, 1.54) is 77.0 Å². The summed E-state index contributed by atoms with van der Waals surface area (Å²) in [6, 6.07) is 0.937. The predicted octanol–water partition coefficient (Wildman–Crippen LogP) is 6.50. The molecule has 0 heterocycles. The van der Waals surface area contributed by atoms with Gasteiger partial charge >= 0.3 is 14.5 Å².